The SMILES string of the molecule is CCn1ccc(C(=O)Nc2nc(-c3cc(OC)ccc3OC)cs2)n1. The van der Waals surface area contributed by atoms with E-state index in [2.05, 4.69) is 15.4 Å². The first-order valence-corrected chi connectivity index (χ1v) is 8.55. The van der Waals surface area contributed by atoms with Gasteiger partial charge in [0.15, 0.2) is 10.8 Å². The van der Waals surface area contributed by atoms with E-state index in [1.54, 1.807) is 31.2 Å². The number of aryl methyl sites for hydroxylation is 1. The fraction of sp³-hybridized carbons (Fsp3) is 0.235. The van der Waals surface area contributed by atoms with E-state index >= 15 is 0 Å². The number of ether oxygens (including phenoxy) is 2. The van der Waals surface area contributed by atoms with E-state index in [1.165, 1.54) is 11.3 Å². The van der Waals surface area contributed by atoms with Crippen molar-refractivity contribution >= 4 is 22.4 Å². The normalized spacial score (nSPS) is 10.5. The summed E-state index contributed by atoms with van der Waals surface area (Å²) in [5, 5.41) is 9.31. The molecule has 1 N–H and O–H groups in total. The van der Waals surface area contributed by atoms with Crippen LogP contribution in [0.1, 0.15) is 17.4 Å². The number of methoxy groups -OCH3 is 2. The van der Waals surface area contributed by atoms with Crippen molar-refractivity contribution in [2.24, 2.45) is 0 Å². The van der Waals surface area contributed by atoms with Crippen molar-refractivity contribution in [1.29, 1.82) is 0 Å². The molecular weight excluding hydrogens is 340 g/mol. The Morgan fingerprint density at radius 1 is 1.28 bits per heavy atom. The summed E-state index contributed by atoms with van der Waals surface area (Å²) in [6.07, 6.45) is 1.77. The summed E-state index contributed by atoms with van der Waals surface area (Å²) in [6.45, 7) is 2.67. The van der Waals surface area contributed by atoms with Crippen LogP contribution < -0.4 is 14.8 Å². The molecule has 0 atom stereocenters. The van der Waals surface area contributed by atoms with Gasteiger partial charge in [-0.1, -0.05) is 0 Å². The summed E-state index contributed by atoms with van der Waals surface area (Å²) < 4.78 is 12.3. The Morgan fingerprint density at radius 2 is 2.12 bits per heavy atom. The third-order valence-corrected chi connectivity index (χ3v) is 4.36. The molecular formula is C17H18N4O3S. The van der Waals surface area contributed by atoms with Crippen LogP contribution >= 0.6 is 11.3 Å². The van der Waals surface area contributed by atoms with Gasteiger partial charge in [-0.3, -0.25) is 14.8 Å². The second kappa shape index (κ2) is 7.35. The molecule has 130 valence electrons. The molecule has 2 heterocycles. The lowest BCUT2D eigenvalue weighted by Gasteiger charge is -2.08. The third-order valence-electron chi connectivity index (χ3n) is 3.60. The van der Waals surface area contributed by atoms with E-state index in [-0.39, 0.29) is 5.91 Å². The van der Waals surface area contributed by atoms with Crippen LogP contribution in [-0.4, -0.2) is 34.9 Å². The summed E-state index contributed by atoms with van der Waals surface area (Å²) in [6, 6.07) is 7.17. The third kappa shape index (κ3) is 3.63. The Morgan fingerprint density at radius 3 is 2.80 bits per heavy atom. The number of carbonyl (C=O) groups is 1. The molecule has 8 heteroatoms. The van der Waals surface area contributed by atoms with Crippen molar-refractivity contribution in [3.8, 4) is 22.8 Å². The van der Waals surface area contributed by atoms with Gasteiger partial charge in [0.05, 0.1) is 19.9 Å². The predicted octanol–water partition coefficient (Wildman–Crippen LogP) is 3.30. The van der Waals surface area contributed by atoms with Gasteiger partial charge in [0.1, 0.15) is 11.5 Å². The molecule has 1 aromatic carbocycles. The molecule has 7 nitrogen and oxygen atoms in total. The zero-order chi connectivity index (χ0) is 17.8. The van der Waals surface area contributed by atoms with Gasteiger partial charge in [0, 0.05) is 23.7 Å². The number of carbonyl (C=O) groups excluding carboxylic acids is 1. The lowest BCUT2D eigenvalue weighted by Crippen LogP contribution is -2.13. The van der Waals surface area contributed by atoms with E-state index in [0.717, 1.165) is 5.56 Å². The first-order chi connectivity index (χ1) is 12.1. The Bertz CT molecular complexity index is 888. The van der Waals surface area contributed by atoms with Gasteiger partial charge in [0.2, 0.25) is 0 Å². The molecule has 0 radical (unpaired) electrons. The summed E-state index contributed by atoms with van der Waals surface area (Å²) in [5.74, 6) is 1.11. The molecule has 1 amide bonds. The van der Waals surface area contributed by atoms with Crippen LogP contribution in [0.3, 0.4) is 0 Å². The number of benzene rings is 1. The van der Waals surface area contributed by atoms with Gasteiger partial charge in [0.25, 0.3) is 5.91 Å². The lowest BCUT2D eigenvalue weighted by molar-refractivity contribution is 0.102. The number of rotatable bonds is 6. The molecule has 0 aliphatic rings. The Kier molecular flexibility index (Phi) is 4.99. The van der Waals surface area contributed by atoms with Gasteiger partial charge in [-0.2, -0.15) is 5.10 Å². The van der Waals surface area contributed by atoms with E-state index in [1.807, 2.05) is 30.5 Å². The predicted molar refractivity (Wildman–Crippen MR) is 96.5 cm³/mol. The maximum Gasteiger partial charge on any atom is 0.277 e. The van der Waals surface area contributed by atoms with Crippen molar-refractivity contribution in [2.75, 3.05) is 19.5 Å². The molecule has 0 fully saturated rings. The average molecular weight is 358 g/mol. The lowest BCUT2D eigenvalue weighted by atomic mass is 10.1. The van der Waals surface area contributed by atoms with Crippen molar-refractivity contribution in [3.05, 3.63) is 41.5 Å². The van der Waals surface area contributed by atoms with Crippen molar-refractivity contribution in [1.82, 2.24) is 14.8 Å². The maximum atomic E-state index is 12.2. The topological polar surface area (TPSA) is 78.3 Å². The van der Waals surface area contributed by atoms with Gasteiger partial charge in [-0.05, 0) is 31.2 Å². The van der Waals surface area contributed by atoms with Gasteiger partial charge >= 0.3 is 0 Å². The first-order valence-electron chi connectivity index (χ1n) is 7.67. The molecule has 25 heavy (non-hydrogen) atoms. The Labute approximate surface area is 149 Å². The number of anilines is 1. The standard InChI is InChI=1S/C17H18N4O3S/c1-4-21-8-7-13(20-21)16(22)19-17-18-14(10-25-17)12-9-11(23-2)5-6-15(12)24-3/h5-10H,4H2,1-3H3,(H,18,19,22). The average Bonchev–Trinajstić information content (AvgIpc) is 3.30. The number of nitrogens with one attached hydrogen (secondary N) is 1. The maximum absolute atomic E-state index is 12.2. The molecule has 2 aromatic heterocycles. The molecule has 0 aliphatic carbocycles. The molecule has 0 saturated carbocycles. The van der Waals surface area contributed by atoms with Crippen molar-refractivity contribution < 1.29 is 14.3 Å². The zero-order valence-electron chi connectivity index (χ0n) is 14.1. The highest BCUT2D eigenvalue weighted by atomic mass is 32.1. The summed E-state index contributed by atoms with van der Waals surface area (Å²) in [4.78, 5) is 16.7. The van der Waals surface area contributed by atoms with Crippen LogP contribution in [0.25, 0.3) is 11.3 Å². The van der Waals surface area contributed by atoms with E-state index in [4.69, 9.17) is 9.47 Å². The number of amides is 1. The largest absolute Gasteiger partial charge is 0.497 e. The van der Waals surface area contributed by atoms with Gasteiger partial charge in [-0.15, -0.1) is 11.3 Å². The minimum Gasteiger partial charge on any atom is -0.497 e. The number of thiazole rings is 1. The first kappa shape index (κ1) is 17.0. The molecule has 0 spiro atoms. The highest BCUT2D eigenvalue weighted by molar-refractivity contribution is 7.14. The smallest absolute Gasteiger partial charge is 0.277 e. The van der Waals surface area contributed by atoms with E-state index in [0.29, 0.717) is 34.6 Å². The number of hydrogen-bond donors (Lipinski definition) is 1. The zero-order valence-corrected chi connectivity index (χ0v) is 15.0. The van der Waals surface area contributed by atoms with Crippen molar-refractivity contribution in [2.45, 2.75) is 13.5 Å². The van der Waals surface area contributed by atoms with Crippen LogP contribution in [0.15, 0.2) is 35.8 Å². The van der Waals surface area contributed by atoms with E-state index in [9.17, 15) is 4.79 Å². The Balaban J connectivity index is 1.81. The van der Waals surface area contributed by atoms with Gasteiger partial charge < -0.3 is 9.47 Å². The van der Waals surface area contributed by atoms with E-state index < -0.39 is 0 Å². The molecule has 0 aliphatic heterocycles. The fourth-order valence-corrected chi connectivity index (χ4v) is 2.99. The monoisotopic (exact) mass is 358 g/mol. The molecule has 3 aromatic rings. The van der Waals surface area contributed by atoms with Crippen LogP contribution in [0.2, 0.25) is 0 Å². The summed E-state index contributed by atoms with van der Waals surface area (Å²) in [5.41, 5.74) is 1.86. The van der Waals surface area contributed by atoms with Crippen LogP contribution in [0, 0.1) is 0 Å². The highest BCUT2D eigenvalue weighted by Crippen LogP contribution is 2.35. The Hall–Kier alpha value is -2.87. The van der Waals surface area contributed by atoms with Gasteiger partial charge in [-0.25, -0.2) is 4.98 Å². The number of aromatic nitrogens is 3. The minimum absolute atomic E-state index is 0.286. The molecule has 0 saturated heterocycles. The van der Waals surface area contributed by atoms with Crippen LogP contribution in [0.5, 0.6) is 11.5 Å². The highest BCUT2D eigenvalue weighted by Gasteiger charge is 2.15. The van der Waals surface area contributed by atoms with Crippen LogP contribution in [-0.2, 0) is 6.54 Å². The quantitative estimate of drug-likeness (QED) is 0.731. The second-order valence-corrected chi connectivity index (χ2v) is 5.97. The summed E-state index contributed by atoms with van der Waals surface area (Å²) in [7, 11) is 3.21. The molecule has 3 rings (SSSR count). The van der Waals surface area contributed by atoms with Crippen LogP contribution in [0.4, 0.5) is 5.13 Å². The molecule has 0 unspecified atom stereocenters. The fourth-order valence-electron chi connectivity index (χ4n) is 2.29. The number of nitrogens with zero attached hydrogens (tertiary/aromatic N) is 3. The second-order valence-electron chi connectivity index (χ2n) is 5.11. The number of hydrogen-bond acceptors (Lipinski definition) is 6. The van der Waals surface area contributed by atoms with Crippen molar-refractivity contribution in [3.63, 3.8) is 0 Å². The summed E-state index contributed by atoms with van der Waals surface area (Å²) >= 11 is 1.34. The minimum atomic E-state index is -0.286. The molecule has 0 bridgehead atoms.